The molecule has 0 aliphatic heterocycles. The number of nitrogens with zero attached hydrogens (tertiary/aromatic N) is 2. The molecule has 0 heterocycles. The lowest BCUT2D eigenvalue weighted by atomic mass is 10.1. The van der Waals surface area contributed by atoms with Gasteiger partial charge >= 0.3 is 0 Å². The van der Waals surface area contributed by atoms with Gasteiger partial charge in [0.1, 0.15) is 12.6 Å². The summed E-state index contributed by atoms with van der Waals surface area (Å²) in [5.74, 6) is -0.674. The zero-order valence-electron chi connectivity index (χ0n) is 21.4. The van der Waals surface area contributed by atoms with Crippen molar-refractivity contribution in [2.24, 2.45) is 0 Å². The average molecular weight is 510 g/mol. The number of amides is 2. The number of carbonyl (C=O) groups excluding carboxylic acids is 2. The van der Waals surface area contributed by atoms with Crippen molar-refractivity contribution in [3.05, 3.63) is 77.9 Å². The largest absolute Gasteiger partial charge is 0.354 e. The van der Waals surface area contributed by atoms with E-state index in [4.69, 9.17) is 0 Å². The molecule has 2 amide bonds. The maximum atomic E-state index is 13.8. The molecule has 7 nitrogen and oxygen atoms in total. The zero-order chi connectivity index (χ0) is 26.3. The molecule has 8 heteroatoms. The van der Waals surface area contributed by atoms with E-state index in [1.807, 2.05) is 75.4 Å². The summed E-state index contributed by atoms with van der Waals surface area (Å²) in [5.41, 5.74) is 2.33. The zero-order valence-corrected chi connectivity index (χ0v) is 22.2. The smallest absolute Gasteiger partial charge is 0.244 e. The third-order valence-corrected chi connectivity index (χ3v) is 7.38. The lowest BCUT2D eigenvalue weighted by molar-refractivity contribution is -0.140. The number of nitrogens with one attached hydrogen (secondary N) is 1. The van der Waals surface area contributed by atoms with Crippen LogP contribution in [0.4, 0.5) is 5.69 Å². The number of carbonyl (C=O) groups is 2. The van der Waals surface area contributed by atoms with Crippen molar-refractivity contribution in [2.45, 2.75) is 46.2 Å². The molecule has 0 radical (unpaired) electrons. The molecule has 192 valence electrons. The first-order valence-corrected chi connectivity index (χ1v) is 14.1. The summed E-state index contributed by atoms with van der Waals surface area (Å²) < 4.78 is 27.0. The van der Waals surface area contributed by atoms with Crippen LogP contribution in [-0.2, 0) is 26.2 Å². The minimum atomic E-state index is -3.80. The van der Waals surface area contributed by atoms with Gasteiger partial charge in [0.05, 0.1) is 11.9 Å². The van der Waals surface area contributed by atoms with Gasteiger partial charge in [0.2, 0.25) is 21.8 Å². The molecule has 0 saturated carbocycles. The molecule has 1 N–H and O–H groups in total. The average Bonchev–Trinajstić information content (AvgIpc) is 2.86. The molecule has 3 rings (SSSR count). The Bertz CT molecular complexity index is 1320. The van der Waals surface area contributed by atoms with Gasteiger partial charge in [-0.25, -0.2) is 8.42 Å². The Balaban J connectivity index is 2.03. The fourth-order valence-electron chi connectivity index (χ4n) is 4.28. The van der Waals surface area contributed by atoms with E-state index >= 15 is 0 Å². The molecule has 1 atom stereocenters. The van der Waals surface area contributed by atoms with Crippen LogP contribution < -0.4 is 9.62 Å². The van der Waals surface area contributed by atoms with E-state index in [-0.39, 0.29) is 12.5 Å². The van der Waals surface area contributed by atoms with Gasteiger partial charge in [0.25, 0.3) is 0 Å². The van der Waals surface area contributed by atoms with Crippen molar-refractivity contribution in [3.63, 3.8) is 0 Å². The van der Waals surface area contributed by atoms with Gasteiger partial charge in [-0.05, 0) is 42.3 Å². The van der Waals surface area contributed by atoms with Crippen LogP contribution in [0, 0.1) is 6.92 Å². The molecular weight excluding hydrogens is 474 g/mol. The first-order valence-electron chi connectivity index (χ1n) is 12.2. The van der Waals surface area contributed by atoms with E-state index in [1.165, 1.54) is 4.90 Å². The highest BCUT2D eigenvalue weighted by Gasteiger charge is 2.32. The van der Waals surface area contributed by atoms with Crippen molar-refractivity contribution in [3.8, 4) is 0 Å². The Morgan fingerprint density at radius 3 is 2.28 bits per heavy atom. The van der Waals surface area contributed by atoms with E-state index in [1.54, 1.807) is 12.1 Å². The number of benzene rings is 3. The molecule has 36 heavy (non-hydrogen) atoms. The summed E-state index contributed by atoms with van der Waals surface area (Å²) in [5, 5.41) is 4.50. The van der Waals surface area contributed by atoms with E-state index in [2.05, 4.69) is 5.32 Å². The Hall–Kier alpha value is -3.39. The molecule has 3 aromatic rings. The standard InChI is InChI=1S/C28H35N3O4S/c1-5-18-29-28(33)25(6-2)30(19-23-14-8-7-12-21(23)3)27(32)20-31(36(4,34)35)26-17-11-15-22-13-9-10-16-24(22)26/h7-17,25H,5-6,18-20H2,1-4H3,(H,29,33). The number of fused-ring (bicyclic) bond motifs is 1. The topological polar surface area (TPSA) is 86.8 Å². The third-order valence-electron chi connectivity index (χ3n) is 6.25. The van der Waals surface area contributed by atoms with Crippen molar-refractivity contribution in [1.29, 1.82) is 0 Å². The molecule has 0 aliphatic rings. The molecule has 1 unspecified atom stereocenters. The minimum Gasteiger partial charge on any atom is -0.354 e. The first kappa shape index (κ1) is 27.2. The Morgan fingerprint density at radius 2 is 1.61 bits per heavy atom. The number of hydrogen-bond acceptors (Lipinski definition) is 4. The molecule has 0 spiro atoms. The van der Waals surface area contributed by atoms with E-state index in [0.717, 1.165) is 38.9 Å². The van der Waals surface area contributed by atoms with Crippen LogP contribution in [0.3, 0.4) is 0 Å². The summed E-state index contributed by atoms with van der Waals surface area (Å²) in [7, 11) is -3.80. The van der Waals surface area contributed by atoms with Gasteiger partial charge in [0, 0.05) is 18.5 Å². The molecule has 0 aromatic heterocycles. The lowest BCUT2D eigenvalue weighted by Crippen LogP contribution is -2.52. The number of aryl methyl sites for hydroxylation is 1. The quantitative estimate of drug-likeness (QED) is 0.419. The van der Waals surface area contributed by atoms with Gasteiger partial charge < -0.3 is 10.2 Å². The maximum absolute atomic E-state index is 13.8. The molecule has 0 aliphatic carbocycles. The number of rotatable bonds is 11. The summed E-state index contributed by atoms with van der Waals surface area (Å²) in [6.07, 6.45) is 2.27. The van der Waals surface area contributed by atoms with Crippen LogP contribution in [0.25, 0.3) is 10.8 Å². The fraction of sp³-hybridized carbons (Fsp3) is 0.357. The van der Waals surface area contributed by atoms with Crippen LogP contribution in [0.2, 0.25) is 0 Å². The second-order valence-corrected chi connectivity index (χ2v) is 10.8. The minimum absolute atomic E-state index is 0.205. The van der Waals surface area contributed by atoms with Crippen molar-refractivity contribution in [2.75, 3.05) is 23.7 Å². The number of hydrogen-bond donors (Lipinski definition) is 1. The molecule has 0 bridgehead atoms. The highest BCUT2D eigenvalue weighted by Crippen LogP contribution is 2.29. The van der Waals surface area contributed by atoms with Crippen LogP contribution >= 0.6 is 0 Å². The number of anilines is 1. The summed E-state index contributed by atoms with van der Waals surface area (Å²) in [6.45, 7) is 6.08. The second kappa shape index (κ2) is 12.0. The number of sulfonamides is 1. The van der Waals surface area contributed by atoms with Crippen molar-refractivity contribution < 1.29 is 18.0 Å². The SMILES string of the molecule is CCCNC(=O)C(CC)N(Cc1ccccc1C)C(=O)CN(c1cccc2ccccc12)S(C)(=O)=O. The van der Waals surface area contributed by atoms with E-state index < -0.39 is 28.5 Å². The maximum Gasteiger partial charge on any atom is 0.244 e. The molecular formula is C28H35N3O4S. The van der Waals surface area contributed by atoms with Crippen LogP contribution in [0.5, 0.6) is 0 Å². The normalized spacial score (nSPS) is 12.2. The van der Waals surface area contributed by atoms with E-state index in [9.17, 15) is 18.0 Å². The highest BCUT2D eigenvalue weighted by atomic mass is 32.2. The van der Waals surface area contributed by atoms with Gasteiger partial charge in [0.15, 0.2) is 0 Å². The van der Waals surface area contributed by atoms with Crippen LogP contribution in [0.15, 0.2) is 66.7 Å². The predicted octanol–water partition coefficient (Wildman–Crippen LogP) is 4.25. The monoisotopic (exact) mass is 509 g/mol. The van der Waals surface area contributed by atoms with Crippen LogP contribution in [-0.4, -0.2) is 50.5 Å². The van der Waals surface area contributed by atoms with Gasteiger partial charge in [-0.15, -0.1) is 0 Å². The second-order valence-electron chi connectivity index (χ2n) is 8.93. The van der Waals surface area contributed by atoms with Gasteiger partial charge in [-0.2, -0.15) is 0 Å². The predicted molar refractivity (Wildman–Crippen MR) is 145 cm³/mol. The van der Waals surface area contributed by atoms with Crippen molar-refractivity contribution >= 4 is 38.3 Å². The van der Waals surface area contributed by atoms with Gasteiger partial charge in [-0.1, -0.05) is 74.5 Å². The highest BCUT2D eigenvalue weighted by molar-refractivity contribution is 7.92. The Labute approximate surface area is 214 Å². The van der Waals surface area contributed by atoms with Crippen molar-refractivity contribution in [1.82, 2.24) is 10.2 Å². The summed E-state index contributed by atoms with van der Waals surface area (Å²) in [6, 6.07) is 19.8. The fourth-order valence-corrected chi connectivity index (χ4v) is 5.14. The van der Waals surface area contributed by atoms with Gasteiger partial charge in [-0.3, -0.25) is 13.9 Å². The summed E-state index contributed by atoms with van der Waals surface area (Å²) >= 11 is 0. The Morgan fingerprint density at radius 1 is 0.944 bits per heavy atom. The lowest BCUT2D eigenvalue weighted by Gasteiger charge is -2.33. The third kappa shape index (κ3) is 6.43. The van der Waals surface area contributed by atoms with E-state index in [0.29, 0.717) is 18.7 Å². The Kier molecular flexibility index (Phi) is 9.09. The molecule has 0 saturated heterocycles. The first-order chi connectivity index (χ1) is 17.2. The summed E-state index contributed by atoms with van der Waals surface area (Å²) in [4.78, 5) is 28.4. The van der Waals surface area contributed by atoms with Crippen LogP contribution in [0.1, 0.15) is 37.8 Å². The molecule has 0 fully saturated rings. The molecule has 3 aromatic carbocycles.